The van der Waals surface area contributed by atoms with Crippen molar-refractivity contribution in [3.63, 3.8) is 0 Å². The van der Waals surface area contributed by atoms with Crippen LogP contribution in [-0.2, 0) is 4.79 Å². The lowest BCUT2D eigenvalue weighted by atomic mass is 9.97. The van der Waals surface area contributed by atoms with E-state index in [0.717, 1.165) is 18.5 Å². The SMILES string of the molecule is NC(=O)C1CCCN(C(=O)c2cc(-n3cccc3)ccc2Cl)C1. The summed E-state index contributed by atoms with van der Waals surface area (Å²) in [5.41, 5.74) is 6.69. The number of benzene rings is 1. The van der Waals surface area contributed by atoms with E-state index in [2.05, 4.69) is 0 Å². The average molecular weight is 332 g/mol. The van der Waals surface area contributed by atoms with Crippen molar-refractivity contribution in [1.82, 2.24) is 9.47 Å². The molecular formula is C17H18ClN3O2. The Morgan fingerprint density at radius 1 is 1.22 bits per heavy atom. The van der Waals surface area contributed by atoms with Gasteiger partial charge in [0.25, 0.3) is 5.91 Å². The molecule has 1 saturated heterocycles. The van der Waals surface area contributed by atoms with Gasteiger partial charge >= 0.3 is 0 Å². The van der Waals surface area contributed by atoms with Crippen molar-refractivity contribution in [3.8, 4) is 5.69 Å². The molecule has 1 aromatic carbocycles. The van der Waals surface area contributed by atoms with Crippen LogP contribution in [0.15, 0.2) is 42.7 Å². The van der Waals surface area contributed by atoms with Crippen LogP contribution in [0, 0.1) is 5.92 Å². The number of likely N-dealkylation sites (tertiary alicyclic amines) is 1. The van der Waals surface area contributed by atoms with Gasteiger partial charge in [-0.15, -0.1) is 0 Å². The highest BCUT2D eigenvalue weighted by atomic mass is 35.5. The van der Waals surface area contributed by atoms with Gasteiger partial charge in [0.05, 0.1) is 16.5 Å². The number of carbonyl (C=O) groups is 2. The van der Waals surface area contributed by atoms with Crippen molar-refractivity contribution in [1.29, 1.82) is 0 Å². The summed E-state index contributed by atoms with van der Waals surface area (Å²) in [6.45, 7) is 0.977. The van der Waals surface area contributed by atoms with Gasteiger partial charge in [-0.25, -0.2) is 0 Å². The quantitative estimate of drug-likeness (QED) is 0.938. The topological polar surface area (TPSA) is 68.3 Å². The van der Waals surface area contributed by atoms with Crippen molar-refractivity contribution in [3.05, 3.63) is 53.3 Å². The number of nitrogens with two attached hydrogens (primary N) is 1. The summed E-state index contributed by atoms with van der Waals surface area (Å²) in [5.74, 6) is -0.788. The van der Waals surface area contributed by atoms with Gasteiger partial charge in [0, 0.05) is 31.2 Å². The van der Waals surface area contributed by atoms with Crippen molar-refractivity contribution >= 4 is 23.4 Å². The predicted molar refractivity (Wildman–Crippen MR) is 88.6 cm³/mol. The summed E-state index contributed by atoms with van der Waals surface area (Å²) < 4.78 is 1.91. The molecular weight excluding hydrogens is 314 g/mol. The first-order valence-electron chi connectivity index (χ1n) is 7.58. The zero-order valence-electron chi connectivity index (χ0n) is 12.6. The number of halogens is 1. The molecule has 3 rings (SSSR count). The lowest BCUT2D eigenvalue weighted by Crippen LogP contribution is -2.44. The number of hydrogen-bond acceptors (Lipinski definition) is 2. The van der Waals surface area contributed by atoms with E-state index >= 15 is 0 Å². The third kappa shape index (κ3) is 3.24. The summed E-state index contributed by atoms with van der Waals surface area (Å²) in [6.07, 6.45) is 5.31. The first-order valence-corrected chi connectivity index (χ1v) is 7.95. The number of nitrogens with zero attached hydrogens (tertiary/aromatic N) is 2. The third-order valence-corrected chi connectivity index (χ3v) is 4.52. The zero-order valence-corrected chi connectivity index (χ0v) is 13.4. The molecule has 2 amide bonds. The van der Waals surface area contributed by atoms with E-state index in [0.29, 0.717) is 23.7 Å². The van der Waals surface area contributed by atoms with E-state index in [-0.39, 0.29) is 17.7 Å². The number of carbonyl (C=O) groups excluding carboxylic acids is 2. The van der Waals surface area contributed by atoms with Gasteiger partial charge in [0.2, 0.25) is 5.91 Å². The van der Waals surface area contributed by atoms with Crippen LogP contribution in [0.2, 0.25) is 5.02 Å². The lowest BCUT2D eigenvalue weighted by Gasteiger charge is -2.31. The predicted octanol–water partition coefficient (Wildman–Crippen LogP) is 2.47. The standard InChI is InChI=1S/C17H18ClN3O2/c18-15-6-5-13(20-7-1-2-8-20)10-14(15)17(23)21-9-3-4-12(11-21)16(19)22/h1-2,5-8,10,12H,3-4,9,11H2,(H2,19,22). The average Bonchev–Trinajstić information content (AvgIpc) is 3.09. The molecule has 5 nitrogen and oxygen atoms in total. The Balaban J connectivity index is 1.87. The summed E-state index contributed by atoms with van der Waals surface area (Å²) in [4.78, 5) is 25.8. The van der Waals surface area contributed by atoms with Crippen LogP contribution in [0.3, 0.4) is 0 Å². The van der Waals surface area contributed by atoms with Crippen molar-refractivity contribution in [2.45, 2.75) is 12.8 Å². The van der Waals surface area contributed by atoms with Crippen LogP contribution in [0.4, 0.5) is 0 Å². The summed E-state index contributed by atoms with van der Waals surface area (Å²) in [7, 11) is 0. The molecule has 0 bridgehead atoms. The van der Waals surface area contributed by atoms with Crippen LogP contribution in [-0.4, -0.2) is 34.4 Å². The number of piperidine rings is 1. The van der Waals surface area contributed by atoms with E-state index in [4.69, 9.17) is 17.3 Å². The van der Waals surface area contributed by atoms with Gasteiger partial charge in [-0.05, 0) is 43.2 Å². The third-order valence-electron chi connectivity index (χ3n) is 4.19. The molecule has 0 radical (unpaired) electrons. The minimum atomic E-state index is -0.352. The minimum Gasteiger partial charge on any atom is -0.369 e. The van der Waals surface area contributed by atoms with Crippen LogP contribution in [0.5, 0.6) is 0 Å². The van der Waals surface area contributed by atoms with Crippen LogP contribution < -0.4 is 5.73 Å². The Morgan fingerprint density at radius 2 is 1.96 bits per heavy atom. The number of hydrogen-bond donors (Lipinski definition) is 1. The molecule has 1 unspecified atom stereocenters. The maximum atomic E-state index is 12.8. The monoisotopic (exact) mass is 331 g/mol. The maximum Gasteiger partial charge on any atom is 0.255 e. The van der Waals surface area contributed by atoms with Gasteiger partial charge < -0.3 is 15.2 Å². The molecule has 1 aliphatic heterocycles. The van der Waals surface area contributed by atoms with Gasteiger partial charge in [-0.1, -0.05) is 11.6 Å². The summed E-state index contributed by atoms with van der Waals surface area (Å²) in [6, 6.07) is 9.19. The Bertz CT molecular complexity index is 727. The van der Waals surface area contributed by atoms with E-state index in [1.807, 2.05) is 35.2 Å². The van der Waals surface area contributed by atoms with E-state index in [9.17, 15) is 9.59 Å². The molecule has 1 aromatic heterocycles. The molecule has 23 heavy (non-hydrogen) atoms. The fourth-order valence-electron chi connectivity index (χ4n) is 2.91. The number of rotatable bonds is 3. The molecule has 2 aromatic rings. The Morgan fingerprint density at radius 3 is 2.65 bits per heavy atom. The first kappa shape index (κ1) is 15.6. The zero-order chi connectivity index (χ0) is 16.4. The van der Waals surface area contributed by atoms with Gasteiger partial charge in [0.1, 0.15) is 0 Å². The van der Waals surface area contributed by atoms with E-state index < -0.39 is 0 Å². The normalized spacial score (nSPS) is 18.0. The molecule has 0 spiro atoms. The van der Waals surface area contributed by atoms with E-state index in [1.54, 1.807) is 17.0 Å². The Labute approximate surface area is 139 Å². The molecule has 1 fully saturated rings. The van der Waals surface area contributed by atoms with Gasteiger partial charge in [0.15, 0.2) is 0 Å². The van der Waals surface area contributed by atoms with Gasteiger partial charge in [-0.3, -0.25) is 9.59 Å². The smallest absolute Gasteiger partial charge is 0.255 e. The molecule has 6 heteroatoms. The molecule has 2 N–H and O–H groups in total. The second-order valence-electron chi connectivity index (χ2n) is 5.75. The highest BCUT2D eigenvalue weighted by molar-refractivity contribution is 6.33. The highest BCUT2D eigenvalue weighted by Gasteiger charge is 2.28. The van der Waals surface area contributed by atoms with Crippen molar-refractivity contribution in [2.24, 2.45) is 11.7 Å². The van der Waals surface area contributed by atoms with Crippen molar-refractivity contribution in [2.75, 3.05) is 13.1 Å². The summed E-state index contributed by atoms with van der Waals surface area (Å²) in [5, 5.41) is 0.409. The number of aromatic nitrogens is 1. The van der Waals surface area contributed by atoms with Crippen molar-refractivity contribution < 1.29 is 9.59 Å². The Kier molecular flexibility index (Phi) is 4.39. The largest absolute Gasteiger partial charge is 0.369 e. The first-order chi connectivity index (χ1) is 11.1. The molecule has 1 aliphatic rings. The fraction of sp³-hybridized carbons (Fsp3) is 0.294. The highest BCUT2D eigenvalue weighted by Crippen LogP contribution is 2.24. The fourth-order valence-corrected chi connectivity index (χ4v) is 3.11. The van der Waals surface area contributed by atoms with E-state index in [1.165, 1.54) is 0 Å². The Hall–Kier alpha value is -2.27. The maximum absolute atomic E-state index is 12.8. The molecule has 120 valence electrons. The van der Waals surface area contributed by atoms with Gasteiger partial charge in [-0.2, -0.15) is 0 Å². The summed E-state index contributed by atoms with van der Waals surface area (Å²) >= 11 is 6.22. The second kappa shape index (κ2) is 6.46. The molecule has 0 aliphatic carbocycles. The molecule has 2 heterocycles. The second-order valence-corrected chi connectivity index (χ2v) is 6.15. The lowest BCUT2D eigenvalue weighted by molar-refractivity contribution is -0.123. The number of primary amides is 1. The van der Waals surface area contributed by atoms with Crippen LogP contribution in [0.1, 0.15) is 23.2 Å². The molecule has 0 saturated carbocycles. The molecule has 1 atom stereocenters. The number of amides is 2. The van der Waals surface area contributed by atoms with Crippen LogP contribution in [0.25, 0.3) is 5.69 Å². The minimum absolute atomic E-state index is 0.157. The van der Waals surface area contributed by atoms with Crippen LogP contribution >= 0.6 is 11.6 Å².